The van der Waals surface area contributed by atoms with Gasteiger partial charge in [-0.05, 0) is 31.3 Å². The maximum Gasteiger partial charge on any atom is 0.214 e. The maximum absolute atomic E-state index is 12.5. The van der Waals surface area contributed by atoms with Crippen LogP contribution in [0.1, 0.15) is 36.6 Å². The zero-order valence-electron chi connectivity index (χ0n) is 13.8. The highest BCUT2D eigenvalue weighted by molar-refractivity contribution is 7.90. The zero-order valence-corrected chi connectivity index (χ0v) is 15.4. The minimum Gasteiger partial charge on any atom is -0.304 e. The fourth-order valence-electron chi connectivity index (χ4n) is 3.54. The van der Waals surface area contributed by atoms with Crippen molar-refractivity contribution in [2.75, 3.05) is 39.8 Å². The third-order valence-electron chi connectivity index (χ3n) is 5.07. The minimum absolute atomic E-state index is 0.153. The molecule has 23 heavy (non-hydrogen) atoms. The molecule has 0 bridgehead atoms. The highest BCUT2D eigenvalue weighted by Gasteiger charge is 2.31. The smallest absolute Gasteiger partial charge is 0.214 e. The normalized spacial score (nSPS) is 23.3. The Morgan fingerprint density at radius 3 is 2.57 bits per heavy atom. The molecule has 2 fully saturated rings. The van der Waals surface area contributed by atoms with Gasteiger partial charge in [0.05, 0.1) is 11.3 Å². The predicted molar refractivity (Wildman–Crippen MR) is 95.3 cm³/mol. The SMILES string of the molecule is CN1CCN(C(CNS(=O)(=O)C2CCCC2)c2cccs2)CC1. The van der Waals surface area contributed by atoms with E-state index < -0.39 is 10.0 Å². The minimum atomic E-state index is -3.18. The van der Waals surface area contributed by atoms with Crippen molar-refractivity contribution in [3.63, 3.8) is 0 Å². The molecular weight excluding hydrogens is 330 g/mol. The van der Waals surface area contributed by atoms with Gasteiger partial charge in [0.1, 0.15) is 0 Å². The van der Waals surface area contributed by atoms with Crippen molar-refractivity contribution >= 4 is 21.4 Å². The lowest BCUT2D eigenvalue weighted by Gasteiger charge is -2.37. The summed E-state index contributed by atoms with van der Waals surface area (Å²) in [5.74, 6) is 0. The third kappa shape index (κ3) is 4.33. The van der Waals surface area contributed by atoms with Crippen LogP contribution in [-0.2, 0) is 10.0 Å². The molecular formula is C16H27N3O2S2. The van der Waals surface area contributed by atoms with Crippen LogP contribution < -0.4 is 4.72 Å². The van der Waals surface area contributed by atoms with Crippen molar-refractivity contribution in [1.82, 2.24) is 14.5 Å². The number of nitrogens with one attached hydrogen (secondary N) is 1. The lowest BCUT2D eigenvalue weighted by atomic mass is 10.2. The first-order valence-corrected chi connectivity index (χ1v) is 10.9. The molecule has 1 saturated heterocycles. The molecule has 1 aliphatic heterocycles. The second-order valence-corrected chi connectivity index (χ2v) is 9.70. The maximum atomic E-state index is 12.5. The summed E-state index contributed by atoms with van der Waals surface area (Å²) in [6, 6.07) is 4.33. The van der Waals surface area contributed by atoms with Crippen LogP contribution in [0.25, 0.3) is 0 Å². The Balaban J connectivity index is 1.67. The Hall–Kier alpha value is -0.470. The number of rotatable bonds is 6. The van der Waals surface area contributed by atoms with Gasteiger partial charge in [-0.15, -0.1) is 11.3 Å². The molecule has 1 aromatic heterocycles. The number of nitrogens with zero attached hydrogens (tertiary/aromatic N) is 2. The molecule has 1 unspecified atom stereocenters. The summed E-state index contributed by atoms with van der Waals surface area (Å²) in [7, 11) is -1.04. The molecule has 1 saturated carbocycles. The summed E-state index contributed by atoms with van der Waals surface area (Å²) in [4.78, 5) is 6.00. The number of likely N-dealkylation sites (N-methyl/N-ethyl adjacent to an activating group) is 1. The number of hydrogen-bond donors (Lipinski definition) is 1. The van der Waals surface area contributed by atoms with E-state index in [0.717, 1.165) is 51.9 Å². The van der Waals surface area contributed by atoms with Gasteiger partial charge in [-0.3, -0.25) is 4.90 Å². The van der Waals surface area contributed by atoms with E-state index in [-0.39, 0.29) is 11.3 Å². The third-order valence-corrected chi connectivity index (χ3v) is 7.96. The van der Waals surface area contributed by atoms with Gasteiger partial charge in [-0.2, -0.15) is 0 Å². The predicted octanol–water partition coefficient (Wildman–Crippen LogP) is 1.90. The number of sulfonamides is 1. The molecule has 130 valence electrons. The fourth-order valence-corrected chi connectivity index (χ4v) is 5.98. The Morgan fingerprint density at radius 1 is 1.26 bits per heavy atom. The molecule has 1 aliphatic carbocycles. The zero-order chi connectivity index (χ0) is 16.3. The van der Waals surface area contributed by atoms with Gasteiger partial charge in [-0.25, -0.2) is 13.1 Å². The first-order valence-electron chi connectivity index (χ1n) is 8.51. The summed E-state index contributed by atoms with van der Waals surface area (Å²) in [6.45, 7) is 4.55. The number of hydrogen-bond acceptors (Lipinski definition) is 5. The molecule has 5 nitrogen and oxygen atoms in total. The summed E-state index contributed by atoms with van der Waals surface area (Å²) in [6.07, 6.45) is 3.71. The molecule has 0 aromatic carbocycles. The fraction of sp³-hybridized carbons (Fsp3) is 0.750. The van der Waals surface area contributed by atoms with E-state index in [2.05, 4.69) is 39.1 Å². The average molecular weight is 358 g/mol. The van der Waals surface area contributed by atoms with Gasteiger partial charge >= 0.3 is 0 Å². The number of thiophene rings is 1. The van der Waals surface area contributed by atoms with Crippen molar-refractivity contribution < 1.29 is 8.42 Å². The monoisotopic (exact) mass is 357 g/mol. The van der Waals surface area contributed by atoms with Crippen LogP contribution in [0, 0.1) is 0 Å². The number of piperazine rings is 1. The largest absolute Gasteiger partial charge is 0.304 e. The van der Waals surface area contributed by atoms with E-state index >= 15 is 0 Å². The molecule has 7 heteroatoms. The first kappa shape index (κ1) is 17.4. The van der Waals surface area contributed by atoms with Crippen molar-refractivity contribution in [3.05, 3.63) is 22.4 Å². The van der Waals surface area contributed by atoms with Gasteiger partial charge in [-0.1, -0.05) is 18.9 Å². The van der Waals surface area contributed by atoms with Gasteiger partial charge in [0.15, 0.2) is 0 Å². The van der Waals surface area contributed by atoms with Gasteiger partial charge in [0.2, 0.25) is 10.0 Å². The Labute approximate surface area is 143 Å². The summed E-state index contributed by atoms with van der Waals surface area (Å²) < 4.78 is 27.9. The summed E-state index contributed by atoms with van der Waals surface area (Å²) in [5, 5.41) is 1.89. The topological polar surface area (TPSA) is 52.6 Å². The molecule has 1 aromatic rings. The molecule has 2 aliphatic rings. The van der Waals surface area contributed by atoms with E-state index in [1.54, 1.807) is 11.3 Å². The van der Waals surface area contributed by atoms with Crippen molar-refractivity contribution in [2.45, 2.75) is 37.0 Å². The van der Waals surface area contributed by atoms with Crippen LogP contribution in [0.15, 0.2) is 17.5 Å². The molecule has 0 radical (unpaired) electrons. The highest BCUT2D eigenvalue weighted by Crippen LogP contribution is 2.27. The second-order valence-electron chi connectivity index (χ2n) is 6.67. The lowest BCUT2D eigenvalue weighted by molar-refractivity contribution is 0.114. The molecule has 2 heterocycles. The van der Waals surface area contributed by atoms with Crippen LogP contribution in [0.4, 0.5) is 0 Å². The van der Waals surface area contributed by atoms with E-state index in [9.17, 15) is 8.42 Å². The lowest BCUT2D eigenvalue weighted by Crippen LogP contribution is -2.48. The summed E-state index contributed by atoms with van der Waals surface area (Å²) >= 11 is 1.72. The van der Waals surface area contributed by atoms with Crippen LogP contribution in [0.5, 0.6) is 0 Å². The standard InChI is InChI=1S/C16H27N3O2S2/c1-18-8-10-19(11-9-18)15(16-7-4-12-22-16)13-17-23(20,21)14-5-2-3-6-14/h4,7,12,14-15,17H,2-3,5-6,8-11,13H2,1H3. The van der Waals surface area contributed by atoms with Crippen molar-refractivity contribution in [2.24, 2.45) is 0 Å². The van der Waals surface area contributed by atoms with Gasteiger partial charge < -0.3 is 4.90 Å². The average Bonchev–Trinajstić information content (AvgIpc) is 3.23. The second kappa shape index (κ2) is 7.61. The van der Waals surface area contributed by atoms with Crippen molar-refractivity contribution in [1.29, 1.82) is 0 Å². The molecule has 1 N–H and O–H groups in total. The van der Waals surface area contributed by atoms with Crippen molar-refractivity contribution in [3.8, 4) is 0 Å². The summed E-state index contributed by atoms with van der Waals surface area (Å²) in [5.41, 5.74) is 0. The molecule has 0 spiro atoms. The van der Waals surface area contributed by atoms with E-state index in [1.165, 1.54) is 4.88 Å². The molecule has 0 amide bonds. The van der Waals surface area contributed by atoms with Crippen LogP contribution in [-0.4, -0.2) is 63.2 Å². The molecule has 1 atom stereocenters. The Morgan fingerprint density at radius 2 is 1.96 bits per heavy atom. The van der Waals surface area contributed by atoms with Crippen LogP contribution in [0.3, 0.4) is 0 Å². The van der Waals surface area contributed by atoms with Crippen LogP contribution in [0.2, 0.25) is 0 Å². The highest BCUT2D eigenvalue weighted by atomic mass is 32.2. The quantitative estimate of drug-likeness (QED) is 0.845. The Bertz CT molecular complexity index is 574. The first-order chi connectivity index (χ1) is 11.1. The molecule has 3 rings (SSSR count). The van der Waals surface area contributed by atoms with E-state index in [4.69, 9.17) is 0 Å². The van der Waals surface area contributed by atoms with Gasteiger partial charge in [0, 0.05) is 37.6 Å². The van der Waals surface area contributed by atoms with Gasteiger partial charge in [0.25, 0.3) is 0 Å². The van der Waals surface area contributed by atoms with E-state index in [0.29, 0.717) is 6.54 Å². The van der Waals surface area contributed by atoms with Crippen LogP contribution >= 0.6 is 11.3 Å². The van der Waals surface area contributed by atoms with E-state index in [1.807, 2.05) is 0 Å². The Kier molecular flexibility index (Phi) is 5.74.